The van der Waals surface area contributed by atoms with E-state index in [1.54, 1.807) is 36.4 Å². The van der Waals surface area contributed by atoms with E-state index in [4.69, 9.17) is 10.5 Å². The fourth-order valence-electron chi connectivity index (χ4n) is 3.37. The highest BCUT2D eigenvalue weighted by atomic mass is 35.5. The predicted octanol–water partition coefficient (Wildman–Crippen LogP) is 3.30. The first-order chi connectivity index (χ1) is 13.0. The van der Waals surface area contributed by atoms with Crippen LogP contribution in [0.15, 0.2) is 54.6 Å². The number of carbonyl (C=O) groups is 2. The summed E-state index contributed by atoms with van der Waals surface area (Å²) in [6, 6.07) is 16.2. The molecule has 0 aliphatic carbocycles. The molecule has 0 saturated carbocycles. The van der Waals surface area contributed by atoms with E-state index < -0.39 is 0 Å². The Morgan fingerprint density at radius 2 is 1.61 bits per heavy atom. The molecule has 1 atom stereocenters. The first-order valence-corrected chi connectivity index (χ1v) is 9.40. The highest BCUT2D eigenvalue weighted by molar-refractivity contribution is 6.08. The van der Waals surface area contributed by atoms with E-state index in [9.17, 15) is 9.59 Å². The van der Waals surface area contributed by atoms with E-state index in [2.05, 4.69) is 0 Å². The third kappa shape index (κ3) is 5.57. The number of likely N-dealkylation sites (tertiary alicyclic amines) is 1. The number of hydrogen-bond acceptors (Lipinski definition) is 4. The molecule has 0 bridgehead atoms. The lowest BCUT2D eigenvalue weighted by atomic mass is 9.91. The van der Waals surface area contributed by atoms with Gasteiger partial charge in [-0.15, -0.1) is 12.4 Å². The van der Waals surface area contributed by atoms with Gasteiger partial charge in [-0.1, -0.05) is 30.3 Å². The van der Waals surface area contributed by atoms with Crippen molar-refractivity contribution in [3.8, 4) is 5.75 Å². The second-order valence-corrected chi connectivity index (χ2v) is 7.09. The van der Waals surface area contributed by atoms with Gasteiger partial charge in [0.1, 0.15) is 5.75 Å². The Morgan fingerprint density at radius 3 is 2.18 bits per heavy atom. The summed E-state index contributed by atoms with van der Waals surface area (Å²) in [5.41, 5.74) is 7.19. The van der Waals surface area contributed by atoms with Crippen molar-refractivity contribution in [2.45, 2.75) is 25.8 Å². The van der Waals surface area contributed by atoms with Gasteiger partial charge >= 0.3 is 0 Å². The second kappa shape index (κ2) is 10.2. The normalized spacial score (nSPS) is 15.4. The number of benzene rings is 2. The molecule has 1 heterocycles. The standard InChI is InChI=1S/C22H26N2O3.ClH/c1-16(23)17-11-13-24(14-12-17)21(25)15-27-20-9-7-19(8-10-20)22(26)18-5-3-2-4-6-18;/h2-10,16-17H,11-15,23H2,1H3;1H. The van der Waals surface area contributed by atoms with Gasteiger partial charge in [-0.25, -0.2) is 0 Å². The van der Waals surface area contributed by atoms with Gasteiger partial charge in [0, 0.05) is 30.3 Å². The summed E-state index contributed by atoms with van der Waals surface area (Å²) in [7, 11) is 0. The predicted molar refractivity (Wildman–Crippen MR) is 112 cm³/mol. The maximum absolute atomic E-state index is 12.4. The number of nitrogens with zero attached hydrogens (tertiary/aromatic N) is 1. The molecule has 5 nitrogen and oxygen atoms in total. The summed E-state index contributed by atoms with van der Waals surface area (Å²) in [5.74, 6) is 1.03. The summed E-state index contributed by atoms with van der Waals surface area (Å²) in [6.07, 6.45) is 1.89. The number of ether oxygens (including phenoxy) is 1. The largest absolute Gasteiger partial charge is 0.484 e. The minimum atomic E-state index is -0.0322. The minimum absolute atomic E-state index is 0. The molecule has 0 radical (unpaired) electrons. The highest BCUT2D eigenvalue weighted by Crippen LogP contribution is 2.20. The maximum atomic E-state index is 12.4. The molecule has 0 aromatic heterocycles. The quantitative estimate of drug-likeness (QED) is 0.752. The molecule has 1 unspecified atom stereocenters. The number of carbonyl (C=O) groups excluding carboxylic acids is 2. The number of halogens is 1. The number of amides is 1. The average molecular weight is 403 g/mol. The molecule has 0 spiro atoms. The van der Waals surface area contributed by atoms with Crippen molar-refractivity contribution < 1.29 is 14.3 Å². The number of hydrogen-bond donors (Lipinski definition) is 1. The topological polar surface area (TPSA) is 72.6 Å². The van der Waals surface area contributed by atoms with Crippen molar-refractivity contribution in [2.75, 3.05) is 19.7 Å². The zero-order valence-electron chi connectivity index (χ0n) is 16.0. The van der Waals surface area contributed by atoms with Crippen molar-refractivity contribution in [1.82, 2.24) is 4.90 Å². The molecule has 1 saturated heterocycles. The number of nitrogens with two attached hydrogens (primary N) is 1. The summed E-state index contributed by atoms with van der Waals surface area (Å²) in [5, 5.41) is 0. The summed E-state index contributed by atoms with van der Waals surface area (Å²) in [6.45, 7) is 3.50. The SMILES string of the molecule is CC(N)C1CCN(C(=O)COc2ccc(C(=O)c3ccccc3)cc2)CC1.Cl. The smallest absolute Gasteiger partial charge is 0.260 e. The summed E-state index contributed by atoms with van der Waals surface area (Å²) < 4.78 is 5.61. The second-order valence-electron chi connectivity index (χ2n) is 7.09. The van der Waals surface area contributed by atoms with Crippen LogP contribution in [0.4, 0.5) is 0 Å². The summed E-state index contributed by atoms with van der Waals surface area (Å²) in [4.78, 5) is 26.6. The Labute approximate surface area is 172 Å². The molecule has 1 aliphatic heterocycles. The van der Waals surface area contributed by atoms with Crippen molar-refractivity contribution in [1.29, 1.82) is 0 Å². The Hall–Kier alpha value is -2.37. The van der Waals surface area contributed by atoms with Gasteiger partial charge in [-0.05, 0) is 49.9 Å². The van der Waals surface area contributed by atoms with Crippen molar-refractivity contribution in [3.05, 3.63) is 65.7 Å². The van der Waals surface area contributed by atoms with Crippen LogP contribution in [0.2, 0.25) is 0 Å². The van der Waals surface area contributed by atoms with Crippen LogP contribution >= 0.6 is 12.4 Å². The fourth-order valence-corrected chi connectivity index (χ4v) is 3.37. The van der Waals surface area contributed by atoms with E-state index in [1.165, 1.54) is 0 Å². The lowest BCUT2D eigenvalue weighted by Crippen LogP contribution is -2.44. The lowest BCUT2D eigenvalue weighted by Gasteiger charge is -2.33. The molecule has 2 aromatic rings. The third-order valence-electron chi connectivity index (χ3n) is 5.15. The van der Waals surface area contributed by atoms with Crippen LogP contribution in [0.1, 0.15) is 35.7 Å². The summed E-state index contributed by atoms with van der Waals surface area (Å²) >= 11 is 0. The molecule has 28 heavy (non-hydrogen) atoms. The van der Waals surface area contributed by atoms with Gasteiger partial charge in [0.2, 0.25) is 0 Å². The molecule has 1 amide bonds. The van der Waals surface area contributed by atoms with Gasteiger partial charge in [-0.2, -0.15) is 0 Å². The Bertz CT molecular complexity index is 770. The third-order valence-corrected chi connectivity index (χ3v) is 5.15. The zero-order valence-corrected chi connectivity index (χ0v) is 16.9. The van der Waals surface area contributed by atoms with Crippen LogP contribution in [0.3, 0.4) is 0 Å². The van der Waals surface area contributed by atoms with Crippen LogP contribution < -0.4 is 10.5 Å². The van der Waals surface area contributed by atoms with E-state index in [1.807, 2.05) is 30.0 Å². The van der Waals surface area contributed by atoms with Gasteiger partial charge in [0.15, 0.2) is 12.4 Å². The molecule has 2 aromatic carbocycles. The molecular formula is C22H27ClN2O3. The first kappa shape index (κ1) is 21.9. The van der Waals surface area contributed by atoms with Crippen LogP contribution in [0.25, 0.3) is 0 Å². The van der Waals surface area contributed by atoms with Crippen molar-refractivity contribution in [3.63, 3.8) is 0 Å². The maximum Gasteiger partial charge on any atom is 0.260 e. The number of piperidine rings is 1. The Kier molecular flexibility index (Phi) is 8.03. The lowest BCUT2D eigenvalue weighted by molar-refractivity contribution is -0.134. The van der Waals surface area contributed by atoms with E-state index in [-0.39, 0.29) is 36.7 Å². The fraction of sp³-hybridized carbons (Fsp3) is 0.364. The van der Waals surface area contributed by atoms with Gasteiger partial charge in [0.05, 0.1) is 0 Å². The molecular weight excluding hydrogens is 376 g/mol. The number of ketones is 1. The van der Waals surface area contributed by atoms with Crippen molar-refractivity contribution >= 4 is 24.1 Å². The molecule has 150 valence electrons. The van der Waals surface area contributed by atoms with Crippen LogP contribution in [0.5, 0.6) is 5.75 Å². The molecule has 6 heteroatoms. The van der Waals surface area contributed by atoms with Crippen molar-refractivity contribution in [2.24, 2.45) is 11.7 Å². The van der Waals surface area contributed by atoms with E-state index in [0.717, 1.165) is 25.9 Å². The monoisotopic (exact) mass is 402 g/mol. The zero-order chi connectivity index (χ0) is 19.2. The highest BCUT2D eigenvalue weighted by Gasteiger charge is 2.24. The van der Waals surface area contributed by atoms with Crippen LogP contribution in [-0.2, 0) is 4.79 Å². The Morgan fingerprint density at radius 1 is 1.04 bits per heavy atom. The van der Waals surface area contributed by atoms with Crippen LogP contribution in [0, 0.1) is 5.92 Å². The van der Waals surface area contributed by atoms with Crippen LogP contribution in [-0.4, -0.2) is 42.3 Å². The average Bonchev–Trinajstić information content (AvgIpc) is 2.72. The van der Waals surface area contributed by atoms with E-state index >= 15 is 0 Å². The Balaban J connectivity index is 0.00000280. The molecule has 3 rings (SSSR count). The van der Waals surface area contributed by atoms with Gasteiger partial charge in [-0.3, -0.25) is 9.59 Å². The molecule has 2 N–H and O–H groups in total. The van der Waals surface area contributed by atoms with Gasteiger partial charge in [0.25, 0.3) is 5.91 Å². The molecule has 1 fully saturated rings. The van der Waals surface area contributed by atoms with Gasteiger partial charge < -0.3 is 15.4 Å². The molecule has 1 aliphatic rings. The first-order valence-electron chi connectivity index (χ1n) is 9.40. The van der Waals surface area contributed by atoms with E-state index in [0.29, 0.717) is 22.8 Å². The minimum Gasteiger partial charge on any atom is -0.484 e. The number of rotatable bonds is 6.